The molecule has 1 N–H and O–H groups in total. The van der Waals surface area contributed by atoms with Crippen LogP contribution in [0, 0.1) is 0 Å². The van der Waals surface area contributed by atoms with Gasteiger partial charge in [0.2, 0.25) is 10.0 Å². The minimum Gasteiger partial charge on any atom is -0.468 e. The number of sulfonamides is 1. The molecule has 0 aliphatic carbocycles. The molecule has 1 aromatic heterocycles. The molecule has 1 saturated heterocycles. The summed E-state index contributed by atoms with van der Waals surface area (Å²) >= 11 is 0. The molecule has 0 spiro atoms. The van der Waals surface area contributed by atoms with E-state index in [2.05, 4.69) is 9.62 Å². The maximum atomic E-state index is 11.3. The minimum atomic E-state index is -3.05. The van der Waals surface area contributed by atoms with Gasteiger partial charge in [0.25, 0.3) is 0 Å². The van der Waals surface area contributed by atoms with Crippen LogP contribution in [-0.2, 0) is 16.6 Å². The lowest BCUT2D eigenvalue weighted by Gasteiger charge is -2.16. The van der Waals surface area contributed by atoms with Crippen molar-refractivity contribution in [2.45, 2.75) is 6.54 Å². The van der Waals surface area contributed by atoms with Gasteiger partial charge in [-0.25, -0.2) is 13.1 Å². The summed E-state index contributed by atoms with van der Waals surface area (Å²) in [6.07, 6.45) is 1.63. The zero-order chi connectivity index (χ0) is 10.7. The molecule has 84 valence electrons. The Kier molecular flexibility index (Phi) is 3.08. The Morgan fingerprint density at radius 3 is 3.07 bits per heavy atom. The number of furan rings is 1. The monoisotopic (exact) mass is 230 g/mol. The zero-order valence-electron chi connectivity index (χ0n) is 8.35. The van der Waals surface area contributed by atoms with E-state index in [1.54, 1.807) is 6.26 Å². The third-order valence-corrected chi connectivity index (χ3v) is 3.75. The second-order valence-electron chi connectivity index (χ2n) is 3.57. The molecule has 2 rings (SSSR count). The van der Waals surface area contributed by atoms with Crippen LogP contribution >= 0.6 is 0 Å². The lowest BCUT2D eigenvalue weighted by atomic mass is 10.4. The Hall–Kier alpha value is -0.850. The van der Waals surface area contributed by atoms with Crippen molar-refractivity contribution in [3.8, 4) is 0 Å². The number of nitrogens with zero attached hydrogens (tertiary/aromatic N) is 1. The quantitative estimate of drug-likeness (QED) is 0.777. The highest BCUT2D eigenvalue weighted by atomic mass is 32.2. The van der Waals surface area contributed by atoms with Crippen LogP contribution in [0.3, 0.4) is 0 Å². The average Bonchev–Trinajstić information content (AvgIpc) is 2.60. The highest BCUT2D eigenvalue weighted by Gasteiger charge is 2.18. The second-order valence-corrected chi connectivity index (χ2v) is 5.50. The molecule has 1 aliphatic rings. The molecule has 1 aliphatic heterocycles. The van der Waals surface area contributed by atoms with Crippen molar-refractivity contribution in [1.82, 2.24) is 9.62 Å². The van der Waals surface area contributed by atoms with E-state index in [0.717, 1.165) is 12.3 Å². The zero-order valence-corrected chi connectivity index (χ0v) is 9.16. The van der Waals surface area contributed by atoms with Gasteiger partial charge in [-0.15, -0.1) is 0 Å². The van der Waals surface area contributed by atoms with Gasteiger partial charge in [0.05, 0.1) is 18.6 Å². The smallest absolute Gasteiger partial charge is 0.212 e. The first-order chi connectivity index (χ1) is 7.16. The van der Waals surface area contributed by atoms with Crippen molar-refractivity contribution in [2.75, 3.05) is 25.4 Å². The normalized spacial score (nSPS) is 22.4. The van der Waals surface area contributed by atoms with Crippen LogP contribution in [0.15, 0.2) is 22.8 Å². The Bertz CT molecular complexity index is 399. The van der Waals surface area contributed by atoms with E-state index in [0.29, 0.717) is 19.6 Å². The number of hydrogen-bond acceptors (Lipinski definition) is 4. The topological polar surface area (TPSA) is 62.6 Å². The minimum absolute atomic E-state index is 0.160. The van der Waals surface area contributed by atoms with E-state index in [1.807, 2.05) is 12.1 Å². The van der Waals surface area contributed by atoms with E-state index in [-0.39, 0.29) is 5.75 Å². The van der Waals surface area contributed by atoms with E-state index >= 15 is 0 Å². The van der Waals surface area contributed by atoms with Crippen molar-refractivity contribution in [2.24, 2.45) is 0 Å². The summed E-state index contributed by atoms with van der Waals surface area (Å²) in [7, 11) is -3.05. The SMILES string of the molecule is O=S1(=O)CCN(Cc2ccco2)CCN1. The highest BCUT2D eigenvalue weighted by Crippen LogP contribution is 2.06. The largest absolute Gasteiger partial charge is 0.468 e. The van der Waals surface area contributed by atoms with Gasteiger partial charge in [-0.1, -0.05) is 0 Å². The first-order valence-electron chi connectivity index (χ1n) is 4.88. The van der Waals surface area contributed by atoms with Crippen molar-refractivity contribution >= 4 is 10.0 Å². The van der Waals surface area contributed by atoms with Gasteiger partial charge >= 0.3 is 0 Å². The molecular weight excluding hydrogens is 216 g/mol. The maximum Gasteiger partial charge on any atom is 0.212 e. The van der Waals surface area contributed by atoms with Gasteiger partial charge in [0, 0.05) is 19.6 Å². The van der Waals surface area contributed by atoms with E-state index in [1.165, 1.54) is 0 Å². The summed E-state index contributed by atoms with van der Waals surface area (Å²) in [5, 5.41) is 0. The summed E-state index contributed by atoms with van der Waals surface area (Å²) in [5.74, 6) is 1.03. The van der Waals surface area contributed by atoms with Crippen molar-refractivity contribution < 1.29 is 12.8 Å². The van der Waals surface area contributed by atoms with E-state index in [9.17, 15) is 8.42 Å². The van der Waals surface area contributed by atoms with E-state index < -0.39 is 10.0 Å². The lowest BCUT2D eigenvalue weighted by molar-refractivity contribution is 0.266. The van der Waals surface area contributed by atoms with Crippen LogP contribution in [0.4, 0.5) is 0 Å². The molecule has 5 nitrogen and oxygen atoms in total. The molecule has 1 fully saturated rings. The molecular formula is C9H14N2O3S. The second kappa shape index (κ2) is 4.34. The van der Waals surface area contributed by atoms with E-state index in [4.69, 9.17) is 4.42 Å². The molecule has 0 saturated carbocycles. The summed E-state index contributed by atoms with van der Waals surface area (Å²) in [6.45, 7) is 2.42. The van der Waals surface area contributed by atoms with Gasteiger partial charge in [0.15, 0.2) is 0 Å². The highest BCUT2D eigenvalue weighted by molar-refractivity contribution is 7.89. The average molecular weight is 230 g/mol. The van der Waals surface area contributed by atoms with Crippen LogP contribution in [0.1, 0.15) is 5.76 Å². The molecule has 0 bridgehead atoms. The molecule has 2 heterocycles. The van der Waals surface area contributed by atoms with Crippen molar-refractivity contribution in [3.63, 3.8) is 0 Å². The summed E-state index contributed by atoms with van der Waals surface area (Å²) < 4.78 is 30.3. The molecule has 0 amide bonds. The number of rotatable bonds is 2. The molecule has 0 radical (unpaired) electrons. The van der Waals surface area contributed by atoms with Crippen LogP contribution in [0.5, 0.6) is 0 Å². The third kappa shape index (κ3) is 3.05. The standard InChI is InChI=1S/C9H14N2O3S/c12-15(13)7-5-11(4-3-10-15)8-9-2-1-6-14-9/h1-2,6,10H,3-5,7-8H2. The molecule has 0 aromatic carbocycles. The van der Waals surface area contributed by atoms with Gasteiger partial charge in [0.1, 0.15) is 5.76 Å². The fourth-order valence-electron chi connectivity index (χ4n) is 1.57. The summed E-state index contributed by atoms with van der Waals surface area (Å²) in [6, 6.07) is 3.73. The first-order valence-corrected chi connectivity index (χ1v) is 6.53. The lowest BCUT2D eigenvalue weighted by Crippen LogP contribution is -2.28. The number of nitrogens with one attached hydrogen (secondary N) is 1. The van der Waals surface area contributed by atoms with Gasteiger partial charge in [-0.2, -0.15) is 0 Å². The Balaban J connectivity index is 1.95. The Morgan fingerprint density at radius 2 is 2.33 bits per heavy atom. The van der Waals surface area contributed by atoms with Crippen molar-refractivity contribution in [3.05, 3.63) is 24.2 Å². The fourth-order valence-corrected chi connectivity index (χ4v) is 2.62. The predicted octanol–water partition coefficient (Wildman–Crippen LogP) is 0.0146. The maximum absolute atomic E-state index is 11.3. The molecule has 1 aromatic rings. The number of hydrogen-bond donors (Lipinski definition) is 1. The fraction of sp³-hybridized carbons (Fsp3) is 0.556. The summed E-state index contributed by atoms with van der Waals surface area (Å²) in [5.41, 5.74) is 0. The van der Waals surface area contributed by atoms with Crippen LogP contribution in [0.25, 0.3) is 0 Å². The van der Waals surface area contributed by atoms with Crippen molar-refractivity contribution in [1.29, 1.82) is 0 Å². The summed E-state index contributed by atoms with van der Waals surface area (Å²) in [4.78, 5) is 2.07. The third-order valence-electron chi connectivity index (χ3n) is 2.39. The first kappa shape index (κ1) is 10.7. The molecule has 6 heteroatoms. The van der Waals surface area contributed by atoms with Gasteiger partial charge < -0.3 is 4.42 Å². The van der Waals surface area contributed by atoms with Crippen LogP contribution in [-0.4, -0.2) is 38.7 Å². The van der Waals surface area contributed by atoms with Gasteiger partial charge in [-0.3, -0.25) is 4.90 Å². The van der Waals surface area contributed by atoms with Crippen LogP contribution in [0.2, 0.25) is 0 Å². The predicted molar refractivity (Wildman–Crippen MR) is 55.8 cm³/mol. The Morgan fingerprint density at radius 1 is 1.47 bits per heavy atom. The molecule has 15 heavy (non-hydrogen) atoms. The van der Waals surface area contributed by atoms with Crippen LogP contribution < -0.4 is 4.72 Å². The van der Waals surface area contributed by atoms with Gasteiger partial charge in [-0.05, 0) is 12.1 Å². The molecule has 0 atom stereocenters. The Labute approximate surface area is 89.1 Å². The molecule has 0 unspecified atom stereocenters.